The lowest BCUT2D eigenvalue weighted by atomic mass is 10.2. The standard InChI is InChI=1S/C16H16ClNO4/c1-20-14-9-12(8-13(17)15(14)21-2)16(19)18-22-10-11-6-4-3-5-7-11/h3-9H,10H2,1-2H3,(H,18,19). The molecule has 0 aliphatic rings. The minimum Gasteiger partial charge on any atom is -0.493 e. The van der Waals surface area contributed by atoms with Crippen LogP contribution in [0.4, 0.5) is 0 Å². The van der Waals surface area contributed by atoms with Crippen LogP contribution < -0.4 is 15.0 Å². The van der Waals surface area contributed by atoms with Crippen molar-refractivity contribution in [1.29, 1.82) is 0 Å². The minimum absolute atomic E-state index is 0.271. The summed E-state index contributed by atoms with van der Waals surface area (Å²) in [6.45, 7) is 0.271. The highest BCUT2D eigenvalue weighted by atomic mass is 35.5. The first kappa shape index (κ1) is 16.1. The van der Waals surface area contributed by atoms with Gasteiger partial charge in [-0.3, -0.25) is 9.63 Å². The second-order valence-electron chi connectivity index (χ2n) is 4.40. The SMILES string of the molecule is COc1cc(C(=O)NOCc2ccccc2)cc(Cl)c1OC. The van der Waals surface area contributed by atoms with Gasteiger partial charge in [0.2, 0.25) is 0 Å². The Morgan fingerprint density at radius 3 is 2.50 bits per heavy atom. The maximum atomic E-state index is 12.1. The Bertz CT molecular complexity index is 646. The molecule has 0 saturated carbocycles. The molecule has 1 N–H and O–H groups in total. The van der Waals surface area contributed by atoms with Crippen molar-refractivity contribution in [3.63, 3.8) is 0 Å². The summed E-state index contributed by atoms with van der Waals surface area (Å²) in [5.74, 6) is 0.341. The Kier molecular flexibility index (Phi) is 5.63. The van der Waals surface area contributed by atoms with Gasteiger partial charge < -0.3 is 9.47 Å². The number of hydrogen-bond donors (Lipinski definition) is 1. The van der Waals surface area contributed by atoms with Gasteiger partial charge in [0.05, 0.1) is 25.8 Å². The van der Waals surface area contributed by atoms with Crippen molar-refractivity contribution in [1.82, 2.24) is 5.48 Å². The van der Waals surface area contributed by atoms with Crippen LogP contribution in [0.1, 0.15) is 15.9 Å². The molecule has 5 nitrogen and oxygen atoms in total. The summed E-state index contributed by atoms with van der Waals surface area (Å²) in [6.07, 6.45) is 0. The van der Waals surface area contributed by atoms with Crippen LogP contribution in [0.3, 0.4) is 0 Å². The zero-order chi connectivity index (χ0) is 15.9. The summed E-state index contributed by atoms with van der Waals surface area (Å²) in [7, 11) is 2.95. The molecule has 1 amide bonds. The lowest BCUT2D eigenvalue weighted by Gasteiger charge is -2.12. The third kappa shape index (κ3) is 3.90. The number of carbonyl (C=O) groups excluding carboxylic acids is 1. The van der Waals surface area contributed by atoms with Crippen LogP contribution in [0.25, 0.3) is 0 Å². The van der Waals surface area contributed by atoms with Crippen LogP contribution in [-0.2, 0) is 11.4 Å². The van der Waals surface area contributed by atoms with Crippen molar-refractivity contribution >= 4 is 17.5 Å². The summed E-state index contributed by atoms with van der Waals surface area (Å²) in [5.41, 5.74) is 3.64. The number of hydrogen-bond acceptors (Lipinski definition) is 4. The van der Waals surface area contributed by atoms with Gasteiger partial charge in [-0.05, 0) is 17.7 Å². The van der Waals surface area contributed by atoms with Gasteiger partial charge in [0, 0.05) is 5.56 Å². The zero-order valence-corrected chi connectivity index (χ0v) is 13.0. The number of amides is 1. The predicted octanol–water partition coefficient (Wildman–Crippen LogP) is 3.22. The maximum absolute atomic E-state index is 12.1. The van der Waals surface area contributed by atoms with Gasteiger partial charge >= 0.3 is 0 Å². The van der Waals surface area contributed by atoms with Crippen LogP contribution in [0, 0.1) is 0 Å². The molecule has 116 valence electrons. The average Bonchev–Trinajstić information content (AvgIpc) is 2.54. The fourth-order valence-corrected chi connectivity index (χ4v) is 2.15. The molecule has 2 aromatic rings. The second kappa shape index (κ2) is 7.68. The molecule has 0 unspecified atom stereocenters. The first-order valence-electron chi connectivity index (χ1n) is 6.53. The minimum atomic E-state index is -0.418. The molecule has 0 saturated heterocycles. The first-order valence-corrected chi connectivity index (χ1v) is 6.91. The normalized spacial score (nSPS) is 10.1. The van der Waals surface area contributed by atoms with Crippen molar-refractivity contribution < 1.29 is 19.1 Å². The molecule has 6 heteroatoms. The smallest absolute Gasteiger partial charge is 0.275 e. The van der Waals surface area contributed by atoms with E-state index < -0.39 is 5.91 Å². The molecule has 0 fully saturated rings. The molecule has 22 heavy (non-hydrogen) atoms. The Balaban J connectivity index is 2.02. The molecule has 0 aromatic heterocycles. The molecule has 0 radical (unpaired) electrons. The Morgan fingerprint density at radius 1 is 1.14 bits per heavy atom. The van der Waals surface area contributed by atoms with Crippen LogP contribution in [0.2, 0.25) is 5.02 Å². The largest absolute Gasteiger partial charge is 0.493 e. The number of halogens is 1. The zero-order valence-electron chi connectivity index (χ0n) is 12.3. The van der Waals surface area contributed by atoms with Crippen molar-refractivity contribution in [2.45, 2.75) is 6.61 Å². The van der Waals surface area contributed by atoms with Crippen molar-refractivity contribution in [2.75, 3.05) is 14.2 Å². The molecular formula is C16H16ClNO4. The topological polar surface area (TPSA) is 56.8 Å². The molecular weight excluding hydrogens is 306 g/mol. The Labute approximate surface area is 133 Å². The quantitative estimate of drug-likeness (QED) is 0.830. The van der Waals surface area contributed by atoms with E-state index in [1.807, 2.05) is 30.3 Å². The molecule has 2 rings (SSSR count). The fraction of sp³-hybridized carbons (Fsp3) is 0.188. The van der Waals surface area contributed by atoms with Gasteiger partial charge in [0.15, 0.2) is 11.5 Å². The second-order valence-corrected chi connectivity index (χ2v) is 4.81. The van der Waals surface area contributed by atoms with E-state index in [4.69, 9.17) is 25.9 Å². The molecule has 0 heterocycles. The summed E-state index contributed by atoms with van der Waals surface area (Å²) >= 11 is 6.06. The number of rotatable bonds is 6. The lowest BCUT2D eigenvalue weighted by Crippen LogP contribution is -2.23. The predicted molar refractivity (Wildman–Crippen MR) is 83.3 cm³/mol. The van der Waals surface area contributed by atoms with E-state index in [-0.39, 0.29) is 11.6 Å². The van der Waals surface area contributed by atoms with Crippen LogP contribution in [-0.4, -0.2) is 20.1 Å². The van der Waals surface area contributed by atoms with Gasteiger partial charge in [-0.1, -0.05) is 41.9 Å². The number of benzene rings is 2. The molecule has 0 aliphatic heterocycles. The van der Waals surface area contributed by atoms with Crippen molar-refractivity contribution in [3.05, 3.63) is 58.6 Å². The maximum Gasteiger partial charge on any atom is 0.275 e. The first-order chi connectivity index (χ1) is 10.7. The summed E-state index contributed by atoms with van der Waals surface area (Å²) in [6, 6.07) is 12.5. The van der Waals surface area contributed by atoms with Gasteiger partial charge in [-0.25, -0.2) is 5.48 Å². The lowest BCUT2D eigenvalue weighted by molar-refractivity contribution is 0.0233. The van der Waals surface area contributed by atoms with E-state index >= 15 is 0 Å². The number of carbonyl (C=O) groups is 1. The summed E-state index contributed by atoms with van der Waals surface area (Å²) in [5, 5.41) is 0.287. The molecule has 0 bridgehead atoms. The number of ether oxygens (including phenoxy) is 2. The van der Waals surface area contributed by atoms with Crippen molar-refractivity contribution in [2.24, 2.45) is 0 Å². The van der Waals surface area contributed by atoms with E-state index in [1.54, 1.807) is 0 Å². The van der Waals surface area contributed by atoms with Crippen molar-refractivity contribution in [3.8, 4) is 11.5 Å². The number of methoxy groups -OCH3 is 2. The third-order valence-electron chi connectivity index (χ3n) is 2.94. The molecule has 2 aromatic carbocycles. The van der Waals surface area contributed by atoms with E-state index in [2.05, 4.69) is 5.48 Å². The van der Waals surface area contributed by atoms with Gasteiger partial charge in [0.25, 0.3) is 5.91 Å². The monoisotopic (exact) mass is 321 g/mol. The Morgan fingerprint density at radius 2 is 1.86 bits per heavy atom. The fourth-order valence-electron chi connectivity index (χ4n) is 1.87. The number of nitrogens with one attached hydrogen (secondary N) is 1. The van der Waals surface area contributed by atoms with Crippen LogP contribution in [0.5, 0.6) is 11.5 Å². The highest BCUT2D eigenvalue weighted by Gasteiger charge is 2.15. The highest BCUT2D eigenvalue weighted by molar-refractivity contribution is 6.32. The molecule has 0 spiro atoms. The Hall–Kier alpha value is -2.24. The van der Waals surface area contributed by atoms with Gasteiger partial charge in [-0.15, -0.1) is 0 Å². The van der Waals surface area contributed by atoms with Crippen LogP contribution >= 0.6 is 11.6 Å². The highest BCUT2D eigenvalue weighted by Crippen LogP contribution is 2.35. The van der Waals surface area contributed by atoms with E-state index in [1.165, 1.54) is 26.4 Å². The molecule has 0 atom stereocenters. The van der Waals surface area contributed by atoms with E-state index in [9.17, 15) is 4.79 Å². The number of hydroxylamine groups is 1. The van der Waals surface area contributed by atoms with Gasteiger partial charge in [-0.2, -0.15) is 0 Å². The average molecular weight is 322 g/mol. The summed E-state index contributed by atoms with van der Waals surface area (Å²) in [4.78, 5) is 17.3. The van der Waals surface area contributed by atoms with E-state index in [0.29, 0.717) is 17.1 Å². The molecule has 0 aliphatic carbocycles. The van der Waals surface area contributed by atoms with Gasteiger partial charge in [0.1, 0.15) is 0 Å². The third-order valence-corrected chi connectivity index (χ3v) is 3.22. The summed E-state index contributed by atoms with van der Waals surface area (Å²) < 4.78 is 10.3. The van der Waals surface area contributed by atoms with E-state index in [0.717, 1.165) is 5.56 Å². The van der Waals surface area contributed by atoms with Crippen LogP contribution in [0.15, 0.2) is 42.5 Å².